The van der Waals surface area contributed by atoms with Gasteiger partial charge in [-0.2, -0.15) is 0 Å². The highest BCUT2D eigenvalue weighted by Gasteiger charge is 2.71. The predicted molar refractivity (Wildman–Crippen MR) is 105 cm³/mol. The molecule has 1 aromatic carbocycles. The molecule has 0 aromatic heterocycles. The van der Waals surface area contributed by atoms with Crippen molar-refractivity contribution in [3.05, 3.63) is 30.3 Å². The molecule has 2 unspecified atom stereocenters. The minimum absolute atomic E-state index is 0.187. The summed E-state index contributed by atoms with van der Waals surface area (Å²) in [7, 11) is 0. The molecular weight excluding hydrogens is 351 g/mol. The summed E-state index contributed by atoms with van der Waals surface area (Å²) < 4.78 is 18.9. The van der Waals surface area contributed by atoms with E-state index in [0.717, 1.165) is 24.3 Å². The predicted octanol–water partition coefficient (Wildman–Crippen LogP) is 5.25. The molecule has 6 atom stereocenters. The zero-order valence-electron chi connectivity index (χ0n) is 15.6. The Labute approximate surface area is 157 Å². The molecule has 3 saturated carbocycles. The van der Waals surface area contributed by atoms with Crippen LogP contribution in [-0.2, 0) is 21.3 Å². The van der Waals surface area contributed by atoms with Crippen molar-refractivity contribution in [2.24, 2.45) is 23.2 Å². The first-order valence-corrected chi connectivity index (χ1v) is 12.2. The van der Waals surface area contributed by atoms with Gasteiger partial charge < -0.3 is 17.0 Å². The largest absolute Gasteiger partial charge is 0.493 e. The normalized spacial score (nSPS) is 42.4. The molecular formula is C20H29O3PS. The Morgan fingerprint density at radius 3 is 2.64 bits per heavy atom. The minimum atomic E-state index is -2.23. The number of rotatable bonds is 5. The third-order valence-corrected chi connectivity index (χ3v) is 9.98. The monoisotopic (exact) mass is 380 g/mol. The van der Waals surface area contributed by atoms with Crippen LogP contribution in [-0.4, -0.2) is 24.5 Å². The molecule has 1 aliphatic heterocycles. The number of ether oxygens (including phenoxy) is 1. The van der Waals surface area contributed by atoms with E-state index in [-0.39, 0.29) is 11.7 Å². The summed E-state index contributed by atoms with van der Waals surface area (Å²) in [6.45, 7) is 7.61. The molecule has 3 aliphatic carbocycles. The van der Waals surface area contributed by atoms with Gasteiger partial charge in [-0.15, -0.1) is 0 Å². The Kier molecular flexibility index (Phi) is 4.43. The summed E-state index contributed by atoms with van der Waals surface area (Å²) in [4.78, 5) is 0. The SMILES string of the molecule is CC(COc1ccccc1)C[P+]1([S-])O[C@H]2C[C@H]3C[C@H](C3(C)C)[C@@]2(C)O1. The van der Waals surface area contributed by atoms with Gasteiger partial charge >= 0.3 is 0 Å². The summed E-state index contributed by atoms with van der Waals surface area (Å²) in [5, 5.41) is 0. The first-order chi connectivity index (χ1) is 11.7. The van der Waals surface area contributed by atoms with Gasteiger partial charge in [0.05, 0.1) is 12.8 Å². The zero-order chi connectivity index (χ0) is 17.9. The van der Waals surface area contributed by atoms with E-state index in [9.17, 15) is 0 Å². The van der Waals surface area contributed by atoms with E-state index in [1.54, 1.807) is 0 Å². The van der Waals surface area contributed by atoms with Crippen molar-refractivity contribution >= 4 is 19.2 Å². The standard InChI is InChI=1S/C20H29O3PS/c1-14(12-21-16-8-6-5-7-9-16)13-24(25)22-18-11-15-10-17(19(15,2)3)20(18,4)23-24/h5-9,14-15,17-18H,10-13H2,1-4H3/t14?,15-,17-,18+,20-,24?/m1/s1. The molecule has 0 spiro atoms. The average Bonchev–Trinajstić information content (AvgIpc) is 2.83. The number of hydrogen-bond acceptors (Lipinski definition) is 4. The molecule has 1 aromatic rings. The molecule has 3 nitrogen and oxygen atoms in total. The number of hydrogen-bond donors (Lipinski definition) is 0. The molecule has 4 fully saturated rings. The minimum Gasteiger partial charge on any atom is -0.493 e. The van der Waals surface area contributed by atoms with Crippen molar-refractivity contribution in [2.45, 2.75) is 52.2 Å². The van der Waals surface area contributed by atoms with Crippen LogP contribution in [0.5, 0.6) is 5.75 Å². The third kappa shape index (κ3) is 3.04. The lowest BCUT2D eigenvalue weighted by atomic mass is 9.43. The second-order valence-electron chi connectivity index (χ2n) is 8.93. The Morgan fingerprint density at radius 1 is 1.24 bits per heavy atom. The number of para-hydroxylation sites is 1. The lowest BCUT2D eigenvalue weighted by Crippen LogP contribution is -2.65. The maximum absolute atomic E-state index is 6.60. The highest BCUT2D eigenvalue weighted by molar-refractivity contribution is 8.38. The third-order valence-electron chi connectivity index (χ3n) is 6.74. The average molecular weight is 380 g/mol. The van der Waals surface area contributed by atoms with Gasteiger partial charge in [0.25, 0.3) is 0 Å². The fourth-order valence-corrected chi connectivity index (χ4v) is 9.32. The molecule has 2 bridgehead atoms. The van der Waals surface area contributed by atoms with Crippen LogP contribution < -0.4 is 4.74 Å². The van der Waals surface area contributed by atoms with Gasteiger partial charge in [-0.25, -0.2) is 9.05 Å². The highest BCUT2D eigenvalue weighted by atomic mass is 32.7. The van der Waals surface area contributed by atoms with Crippen LogP contribution in [0.1, 0.15) is 40.5 Å². The van der Waals surface area contributed by atoms with Crippen molar-refractivity contribution in [3.63, 3.8) is 0 Å². The first kappa shape index (κ1) is 18.1. The lowest BCUT2D eigenvalue weighted by Gasteiger charge is -2.62. The zero-order valence-corrected chi connectivity index (χ0v) is 17.3. The van der Waals surface area contributed by atoms with E-state index >= 15 is 0 Å². The summed E-state index contributed by atoms with van der Waals surface area (Å²) in [6.07, 6.45) is 3.36. The Morgan fingerprint density at radius 2 is 1.96 bits per heavy atom. The van der Waals surface area contributed by atoms with Gasteiger partial charge in [-0.1, -0.05) is 39.0 Å². The Bertz CT molecular complexity index is 639. The highest BCUT2D eigenvalue weighted by Crippen LogP contribution is 2.77. The van der Waals surface area contributed by atoms with Crippen LogP contribution in [0.4, 0.5) is 0 Å². The molecule has 0 radical (unpaired) electrons. The molecule has 1 saturated heterocycles. The van der Waals surface area contributed by atoms with Crippen molar-refractivity contribution < 1.29 is 13.8 Å². The van der Waals surface area contributed by atoms with E-state index < -0.39 is 6.92 Å². The molecule has 1 heterocycles. The fraction of sp³-hybridized carbons (Fsp3) is 0.700. The molecule has 5 heteroatoms. The van der Waals surface area contributed by atoms with Crippen molar-refractivity contribution in [3.8, 4) is 5.75 Å². The van der Waals surface area contributed by atoms with Crippen LogP contribution >= 0.6 is 6.92 Å². The topological polar surface area (TPSA) is 27.7 Å². The summed E-state index contributed by atoms with van der Waals surface area (Å²) in [5.41, 5.74) is 0.176. The summed E-state index contributed by atoms with van der Waals surface area (Å²) >= 11 is 5.92. The van der Waals surface area contributed by atoms with Crippen molar-refractivity contribution in [1.29, 1.82) is 0 Å². The maximum Gasteiger partial charge on any atom is 0.161 e. The van der Waals surface area contributed by atoms with Gasteiger partial charge in [-0.05, 0) is 43.2 Å². The van der Waals surface area contributed by atoms with E-state index in [0.29, 0.717) is 23.9 Å². The lowest BCUT2D eigenvalue weighted by molar-refractivity contribution is -0.199. The molecule has 4 aliphatic rings. The summed E-state index contributed by atoms with van der Waals surface area (Å²) in [5.74, 6) is 2.56. The first-order valence-electron chi connectivity index (χ1n) is 9.39. The fourth-order valence-electron chi connectivity index (χ4n) is 5.16. The molecule has 138 valence electrons. The van der Waals surface area contributed by atoms with Gasteiger partial charge in [-0.3, -0.25) is 0 Å². The van der Waals surface area contributed by atoms with Crippen LogP contribution in [0.2, 0.25) is 0 Å². The van der Waals surface area contributed by atoms with Gasteiger partial charge in [0.2, 0.25) is 0 Å². The van der Waals surface area contributed by atoms with Gasteiger partial charge in [0.15, 0.2) is 6.92 Å². The van der Waals surface area contributed by atoms with E-state index in [1.165, 1.54) is 6.42 Å². The van der Waals surface area contributed by atoms with Crippen molar-refractivity contribution in [2.75, 3.05) is 12.8 Å². The summed E-state index contributed by atoms with van der Waals surface area (Å²) in [6, 6.07) is 9.95. The van der Waals surface area contributed by atoms with Gasteiger partial charge in [0, 0.05) is 11.8 Å². The van der Waals surface area contributed by atoms with E-state index in [2.05, 4.69) is 27.7 Å². The van der Waals surface area contributed by atoms with Crippen LogP contribution in [0, 0.1) is 23.2 Å². The van der Waals surface area contributed by atoms with Crippen molar-refractivity contribution in [1.82, 2.24) is 0 Å². The molecule has 25 heavy (non-hydrogen) atoms. The quantitative estimate of drug-likeness (QED) is 0.515. The maximum atomic E-state index is 6.60. The molecule has 0 N–H and O–H groups in total. The Balaban J connectivity index is 1.38. The second kappa shape index (κ2) is 6.12. The van der Waals surface area contributed by atoms with E-state index in [4.69, 9.17) is 26.0 Å². The molecule has 5 rings (SSSR count). The van der Waals surface area contributed by atoms with Crippen LogP contribution in [0.3, 0.4) is 0 Å². The second-order valence-corrected chi connectivity index (χ2v) is 12.6. The van der Waals surface area contributed by atoms with E-state index in [1.807, 2.05) is 30.3 Å². The Hall–Kier alpha value is -0.280. The molecule has 0 amide bonds. The van der Waals surface area contributed by atoms with Crippen LogP contribution in [0.25, 0.3) is 0 Å². The number of benzene rings is 1. The van der Waals surface area contributed by atoms with Gasteiger partial charge in [0.1, 0.15) is 17.5 Å². The van der Waals surface area contributed by atoms with Crippen LogP contribution in [0.15, 0.2) is 30.3 Å². The smallest absolute Gasteiger partial charge is 0.161 e.